The molecular formula is C13H21BrN2O2S. The Hall–Kier alpha value is -0.430. The minimum atomic E-state index is -3.39. The first-order chi connectivity index (χ1) is 8.87. The largest absolute Gasteiger partial charge is 0.309 e. The van der Waals surface area contributed by atoms with Gasteiger partial charge in [-0.1, -0.05) is 28.9 Å². The molecule has 0 radical (unpaired) electrons. The summed E-state index contributed by atoms with van der Waals surface area (Å²) in [6.07, 6.45) is 0.827. The average Bonchev–Trinajstić information content (AvgIpc) is 2.34. The van der Waals surface area contributed by atoms with Gasteiger partial charge in [-0.05, 0) is 45.3 Å². The van der Waals surface area contributed by atoms with Crippen LogP contribution in [0.4, 0.5) is 0 Å². The van der Waals surface area contributed by atoms with E-state index in [0.29, 0.717) is 18.0 Å². The molecule has 0 fully saturated rings. The maximum atomic E-state index is 12.5. The highest BCUT2D eigenvalue weighted by Crippen LogP contribution is 2.20. The summed E-state index contributed by atoms with van der Waals surface area (Å²) in [6.45, 7) is 3.78. The highest BCUT2D eigenvalue weighted by Gasteiger charge is 2.22. The van der Waals surface area contributed by atoms with E-state index in [1.54, 1.807) is 18.2 Å². The summed E-state index contributed by atoms with van der Waals surface area (Å²) in [4.78, 5) is 2.40. The molecule has 0 saturated heterocycles. The summed E-state index contributed by atoms with van der Waals surface area (Å²) in [5.74, 6) is 0. The molecule has 0 heterocycles. The van der Waals surface area contributed by atoms with Crippen molar-refractivity contribution < 1.29 is 8.42 Å². The topological polar surface area (TPSA) is 40.6 Å². The van der Waals surface area contributed by atoms with Gasteiger partial charge in [-0.2, -0.15) is 4.31 Å². The van der Waals surface area contributed by atoms with Gasteiger partial charge in [0, 0.05) is 17.6 Å². The van der Waals surface area contributed by atoms with E-state index in [-0.39, 0.29) is 0 Å². The molecule has 0 amide bonds. The summed E-state index contributed by atoms with van der Waals surface area (Å²) in [7, 11) is 0.584. The van der Waals surface area contributed by atoms with Crippen LogP contribution in [-0.2, 0) is 10.0 Å². The van der Waals surface area contributed by atoms with Crippen molar-refractivity contribution in [3.05, 3.63) is 28.7 Å². The van der Waals surface area contributed by atoms with E-state index in [2.05, 4.69) is 20.8 Å². The number of benzene rings is 1. The fourth-order valence-corrected chi connectivity index (χ4v) is 3.87. The molecule has 0 atom stereocenters. The van der Waals surface area contributed by atoms with Crippen molar-refractivity contribution in [1.29, 1.82) is 0 Å². The lowest BCUT2D eigenvalue weighted by molar-refractivity contribution is 0.356. The molecule has 108 valence electrons. The minimum Gasteiger partial charge on any atom is -0.309 e. The fraction of sp³-hybridized carbons (Fsp3) is 0.538. The third kappa shape index (κ3) is 4.87. The number of sulfonamides is 1. The number of rotatable bonds is 7. The van der Waals surface area contributed by atoms with Gasteiger partial charge in [-0.15, -0.1) is 0 Å². The lowest BCUT2D eigenvalue weighted by Gasteiger charge is -2.21. The molecule has 1 aromatic carbocycles. The summed E-state index contributed by atoms with van der Waals surface area (Å²) in [5, 5.41) is 0. The van der Waals surface area contributed by atoms with Crippen molar-refractivity contribution in [2.45, 2.75) is 18.2 Å². The monoisotopic (exact) mass is 348 g/mol. The highest BCUT2D eigenvalue weighted by atomic mass is 79.9. The van der Waals surface area contributed by atoms with Gasteiger partial charge in [-0.25, -0.2) is 8.42 Å². The lowest BCUT2D eigenvalue weighted by atomic mass is 10.4. The second kappa shape index (κ2) is 7.38. The molecule has 1 rings (SSSR count). The van der Waals surface area contributed by atoms with Crippen LogP contribution in [0.2, 0.25) is 0 Å². The van der Waals surface area contributed by atoms with Crippen molar-refractivity contribution in [2.24, 2.45) is 0 Å². The molecule has 19 heavy (non-hydrogen) atoms. The Morgan fingerprint density at radius 2 is 1.89 bits per heavy atom. The van der Waals surface area contributed by atoms with Gasteiger partial charge in [0.1, 0.15) is 0 Å². The molecule has 4 nitrogen and oxygen atoms in total. The molecule has 0 bridgehead atoms. The lowest BCUT2D eigenvalue weighted by Crippen LogP contribution is -2.33. The highest BCUT2D eigenvalue weighted by molar-refractivity contribution is 9.10. The van der Waals surface area contributed by atoms with Gasteiger partial charge < -0.3 is 4.90 Å². The van der Waals surface area contributed by atoms with Crippen LogP contribution in [0.15, 0.2) is 33.6 Å². The van der Waals surface area contributed by atoms with Crippen molar-refractivity contribution in [3.63, 3.8) is 0 Å². The van der Waals surface area contributed by atoms with Crippen LogP contribution in [0, 0.1) is 0 Å². The van der Waals surface area contributed by atoms with E-state index in [0.717, 1.165) is 17.4 Å². The first-order valence-electron chi connectivity index (χ1n) is 6.28. The van der Waals surface area contributed by atoms with E-state index in [4.69, 9.17) is 0 Å². The van der Waals surface area contributed by atoms with Gasteiger partial charge >= 0.3 is 0 Å². The van der Waals surface area contributed by atoms with Crippen molar-refractivity contribution in [2.75, 3.05) is 33.7 Å². The normalized spacial score (nSPS) is 12.3. The van der Waals surface area contributed by atoms with Gasteiger partial charge in [0.15, 0.2) is 0 Å². The molecule has 0 aliphatic rings. The number of hydrogen-bond acceptors (Lipinski definition) is 3. The van der Waals surface area contributed by atoms with E-state index >= 15 is 0 Å². The zero-order valence-corrected chi connectivity index (χ0v) is 14.0. The number of hydrogen-bond donors (Lipinski definition) is 0. The molecule has 0 spiro atoms. The molecular weight excluding hydrogens is 328 g/mol. The maximum Gasteiger partial charge on any atom is 0.243 e. The number of halogens is 1. The van der Waals surface area contributed by atoms with E-state index in [1.807, 2.05) is 27.1 Å². The second-order valence-corrected chi connectivity index (χ2v) is 7.46. The standard InChI is InChI=1S/C13H21BrN2O2S/c1-4-16(10-6-9-15(2)3)19(17,18)13-8-5-7-12(14)11-13/h5,7-8,11H,4,6,9-10H2,1-3H3. The van der Waals surface area contributed by atoms with Gasteiger partial charge in [0.2, 0.25) is 10.0 Å². The van der Waals surface area contributed by atoms with Crippen molar-refractivity contribution in [1.82, 2.24) is 9.21 Å². The third-order valence-corrected chi connectivity index (χ3v) is 5.26. The van der Waals surface area contributed by atoms with E-state index in [1.165, 1.54) is 4.31 Å². The molecule has 0 unspecified atom stereocenters. The predicted octanol–water partition coefficient (Wildman–Crippen LogP) is 2.41. The minimum absolute atomic E-state index is 0.341. The van der Waals surface area contributed by atoms with Crippen LogP contribution >= 0.6 is 15.9 Å². The molecule has 6 heteroatoms. The van der Waals surface area contributed by atoms with Gasteiger partial charge in [-0.3, -0.25) is 0 Å². The molecule has 0 aromatic heterocycles. The first kappa shape index (κ1) is 16.6. The Labute approximate surface area is 124 Å². The Morgan fingerprint density at radius 3 is 2.42 bits per heavy atom. The zero-order chi connectivity index (χ0) is 14.5. The smallest absolute Gasteiger partial charge is 0.243 e. The molecule has 0 aliphatic heterocycles. The summed E-state index contributed by atoms with van der Waals surface area (Å²) >= 11 is 3.31. The Kier molecular flexibility index (Phi) is 6.46. The fourth-order valence-electron chi connectivity index (χ4n) is 1.79. The predicted molar refractivity (Wildman–Crippen MR) is 81.7 cm³/mol. The third-order valence-electron chi connectivity index (χ3n) is 2.80. The van der Waals surface area contributed by atoms with Crippen molar-refractivity contribution in [3.8, 4) is 0 Å². The quantitative estimate of drug-likeness (QED) is 0.759. The Bertz CT molecular complexity index is 503. The van der Waals surface area contributed by atoms with Gasteiger partial charge in [0.05, 0.1) is 4.90 Å². The molecule has 0 aliphatic carbocycles. The van der Waals surface area contributed by atoms with Crippen LogP contribution in [0.5, 0.6) is 0 Å². The Morgan fingerprint density at radius 1 is 1.21 bits per heavy atom. The van der Waals surface area contributed by atoms with Crippen molar-refractivity contribution >= 4 is 26.0 Å². The average molecular weight is 349 g/mol. The van der Waals surface area contributed by atoms with Crippen LogP contribution in [0.3, 0.4) is 0 Å². The molecule has 0 saturated carbocycles. The SMILES string of the molecule is CCN(CCCN(C)C)S(=O)(=O)c1cccc(Br)c1. The van der Waals surface area contributed by atoms with E-state index < -0.39 is 10.0 Å². The van der Waals surface area contributed by atoms with E-state index in [9.17, 15) is 8.42 Å². The molecule has 0 N–H and O–H groups in total. The van der Waals surface area contributed by atoms with Crippen LogP contribution in [-0.4, -0.2) is 51.4 Å². The summed E-state index contributed by atoms with van der Waals surface area (Å²) in [6, 6.07) is 6.84. The summed E-state index contributed by atoms with van der Waals surface area (Å²) in [5.41, 5.74) is 0. The van der Waals surface area contributed by atoms with Crippen LogP contribution in [0.1, 0.15) is 13.3 Å². The zero-order valence-electron chi connectivity index (χ0n) is 11.6. The maximum absolute atomic E-state index is 12.5. The molecule has 1 aromatic rings. The Balaban J connectivity index is 2.84. The van der Waals surface area contributed by atoms with Gasteiger partial charge in [0.25, 0.3) is 0 Å². The number of nitrogens with zero attached hydrogens (tertiary/aromatic N) is 2. The second-order valence-electron chi connectivity index (χ2n) is 4.61. The van der Waals surface area contributed by atoms with Crippen LogP contribution < -0.4 is 0 Å². The summed E-state index contributed by atoms with van der Waals surface area (Å²) < 4.78 is 27.3. The van der Waals surface area contributed by atoms with Crippen LogP contribution in [0.25, 0.3) is 0 Å². The first-order valence-corrected chi connectivity index (χ1v) is 8.51.